The first-order valence-electron chi connectivity index (χ1n) is 4.71. The zero-order chi connectivity index (χ0) is 13.5. The van der Waals surface area contributed by atoms with Gasteiger partial charge in [0.05, 0.1) is 10.6 Å². The van der Waals surface area contributed by atoms with Crippen molar-refractivity contribution < 1.29 is 13.2 Å². The second kappa shape index (κ2) is 4.13. The molecular weight excluding hydrogens is 271 g/mol. The molecule has 0 aliphatic rings. The minimum Gasteiger partial charge on any atom is -0.366 e. The monoisotopic (exact) mass is 277 g/mol. The molecule has 0 bridgehead atoms. The third kappa shape index (κ3) is 2.23. The number of pyridine rings is 1. The quantitative estimate of drug-likeness (QED) is 0.868. The molecule has 2 rings (SSSR count). The number of hydrogen-bond donors (Lipinski definition) is 1. The summed E-state index contributed by atoms with van der Waals surface area (Å²) in [5.41, 5.74) is 4.44. The van der Waals surface area contributed by atoms with Crippen molar-refractivity contribution in [1.82, 2.24) is 19.7 Å². The third-order valence-corrected chi connectivity index (χ3v) is 2.41. The number of hydrogen-bond acceptors (Lipinski definition) is 4. The van der Waals surface area contributed by atoms with Crippen LogP contribution in [0.25, 0.3) is 5.82 Å². The van der Waals surface area contributed by atoms with Crippen LogP contribution in [-0.4, -0.2) is 19.7 Å². The Morgan fingerprint density at radius 1 is 1.39 bits per heavy atom. The standard InChI is InChI=1S/C9H7ClF3N5/c1-4-16-8(14)17-18(4)7-6(10)2-5(3-15-7)9(11,12)13/h2-3H,1H3,(H2,14,17). The first-order valence-corrected chi connectivity index (χ1v) is 5.09. The summed E-state index contributed by atoms with van der Waals surface area (Å²) in [4.78, 5) is 7.45. The normalized spacial score (nSPS) is 11.8. The van der Waals surface area contributed by atoms with E-state index in [1.54, 1.807) is 6.92 Å². The molecule has 0 radical (unpaired) electrons. The van der Waals surface area contributed by atoms with E-state index in [2.05, 4.69) is 15.1 Å². The molecule has 2 N–H and O–H groups in total. The van der Waals surface area contributed by atoms with Gasteiger partial charge in [0, 0.05) is 6.20 Å². The van der Waals surface area contributed by atoms with Crippen molar-refractivity contribution in [2.75, 3.05) is 5.73 Å². The molecule has 0 aliphatic carbocycles. The number of anilines is 1. The van der Waals surface area contributed by atoms with E-state index >= 15 is 0 Å². The number of rotatable bonds is 1. The molecule has 0 aliphatic heterocycles. The van der Waals surface area contributed by atoms with Crippen LogP contribution < -0.4 is 5.73 Å². The Kier molecular flexibility index (Phi) is 2.89. The molecule has 0 fully saturated rings. The van der Waals surface area contributed by atoms with Crippen LogP contribution in [0.3, 0.4) is 0 Å². The van der Waals surface area contributed by atoms with Gasteiger partial charge in [-0.25, -0.2) is 4.98 Å². The van der Waals surface area contributed by atoms with Gasteiger partial charge in [-0.15, -0.1) is 5.10 Å². The van der Waals surface area contributed by atoms with Gasteiger partial charge in [0.1, 0.15) is 5.82 Å². The van der Waals surface area contributed by atoms with E-state index in [4.69, 9.17) is 17.3 Å². The summed E-state index contributed by atoms with van der Waals surface area (Å²) in [5.74, 6) is 0.415. The Labute approximate surface area is 104 Å². The Morgan fingerprint density at radius 2 is 2.06 bits per heavy atom. The van der Waals surface area contributed by atoms with Crippen LogP contribution in [0.15, 0.2) is 12.3 Å². The third-order valence-electron chi connectivity index (χ3n) is 2.14. The van der Waals surface area contributed by atoms with Crippen molar-refractivity contribution in [2.45, 2.75) is 13.1 Å². The molecule has 2 aromatic rings. The molecule has 2 aromatic heterocycles. The molecule has 2 heterocycles. The molecule has 9 heteroatoms. The first kappa shape index (κ1) is 12.6. The number of nitrogen functional groups attached to an aromatic ring is 1. The van der Waals surface area contributed by atoms with Crippen LogP contribution >= 0.6 is 11.6 Å². The minimum absolute atomic E-state index is 0.00901. The van der Waals surface area contributed by atoms with Gasteiger partial charge in [0.2, 0.25) is 5.95 Å². The maximum Gasteiger partial charge on any atom is 0.417 e. The first-order chi connectivity index (χ1) is 8.29. The summed E-state index contributed by atoms with van der Waals surface area (Å²) in [6, 6.07) is 0.779. The fraction of sp³-hybridized carbons (Fsp3) is 0.222. The Morgan fingerprint density at radius 3 is 2.50 bits per heavy atom. The predicted molar refractivity (Wildman–Crippen MR) is 58.3 cm³/mol. The van der Waals surface area contributed by atoms with Crippen molar-refractivity contribution >= 4 is 17.5 Å². The lowest BCUT2D eigenvalue weighted by molar-refractivity contribution is -0.137. The van der Waals surface area contributed by atoms with Crippen LogP contribution in [-0.2, 0) is 6.18 Å². The van der Waals surface area contributed by atoms with E-state index in [0.717, 1.165) is 6.07 Å². The zero-order valence-electron chi connectivity index (χ0n) is 9.03. The molecule has 18 heavy (non-hydrogen) atoms. The van der Waals surface area contributed by atoms with Gasteiger partial charge in [-0.3, -0.25) is 0 Å². The van der Waals surface area contributed by atoms with Gasteiger partial charge in [-0.2, -0.15) is 22.8 Å². The fourth-order valence-corrected chi connectivity index (χ4v) is 1.60. The number of aromatic nitrogens is 4. The second-order valence-corrected chi connectivity index (χ2v) is 3.86. The highest BCUT2D eigenvalue weighted by atomic mass is 35.5. The predicted octanol–water partition coefficient (Wildman–Crippen LogP) is 2.23. The van der Waals surface area contributed by atoms with Crippen molar-refractivity contribution in [1.29, 1.82) is 0 Å². The molecule has 0 atom stereocenters. The summed E-state index contributed by atoms with van der Waals surface area (Å²) in [6.07, 6.45) is -3.82. The topological polar surface area (TPSA) is 69.6 Å². The number of nitrogens with zero attached hydrogens (tertiary/aromatic N) is 4. The smallest absolute Gasteiger partial charge is 0.366 e. The minimum atomic E-state index is -4.49. The molecule has 0 saturated carbocycles. The van der Waals surface area contributed by atoms with Crippen LogP contribution in [0, 0.1) is 6.92 Å². The summed E-state index contributed by atoms with van der Waals surface area (Å²) < 4.78 is 38.5. The van der Waals surface area contributed by atoms with Gasteiger partial charge in [-0.1, -0.05) is 11.6 Å². The number of nitrogens with two attached hydrogens (primary N) is 1. The van der Waals surface area contributed by atoms with E-state index in [0.29, 0.717) is 12.0 Å². The van der Waals surface area contributed by atoms with Gasteiger partial charge in [0.25, 0.3) is 0 Å². The van der Waals surface area contributed by atoms with Gasteiger partial charge >= 0.3 is 6.18 Å². The fourth-order valence-electron chi connectivity index (χ4n) is 1.35. The maximum absolute atomic E-state index is 12.4. The number of halogens is 4. The molecule has 0 saturated heterocycles. The van der Waals surface area contributed by atoms with Gasteiger partial charge in [-0.05, 0) is 13.0 Å². The largest absolute Gasteiger partial charge is 0.417 e. The average molecular weight is 278 g/mol. The molecule has 5 nitrogen and oxygen atoms in total. The lowest BCUT2D eigenvalue weighted by atomic mass is 10.3. The summed E-state index contributed by atoms with van der Waals surface area (Å²) in [7, 11) is 0. The Hall–Kier alpha value is -1.83. The number of aryl methyl sites for hydroxylation is 1. The summed E-state index contributed by atoms with van der Waals surface area (Å²) >= 11 is 5.76. The second-order valence-electron chi connectivity index (χ2n) is 3.46. The van der Waals surface area contributed by atoms with E-state index in [1.165, 1.54) is 4.68 Å². The van der Waals surface area contributed by atoms with Crippen LogP contribution in [0.1, 0.15) is 11.4 Å². The highest BCUT2D eigenvalue weighted by Crippen LogP contribution is 2.31. The molecule has 0 amide bonds. The molecule has 0 aromatic carbocycles. The molecule has 0 unspecified atom stereocenters. The molecular formula is C9H7ClF3N5. The zero-order valence-corrected chi connectivity index (χ0v) is 9.79. The van der Waals surface area contributed by atoms with E-state index < -0.39 is 11.7 Å². The summed E-state index contributed by atoms with van der Waals surface area (Å²) in [5, 5.41) is 3.61. The highest BCUT2D eigenvalue weighted by Gasteiger charge is 2.31. The Balaban J connectivity index is 2.51. The van der Waals surface area contributed by atoms with Crippen molar-refractivity contribution in [3.63, 3.8) is 0 Å². The maximum atomic E-state index is 12.4. The van der Waals surface area contributed by atoms with Gasteiger partial charge in [0.15, 0.2) is 5.82 Å². The highest BCUT2D eigenvalue weighted by molar-refractivity contribution is 6.32. The van der Waals surface area contributed by atoms with E-state index in [-0.39, 0.29) is 16.8 Å². The average Bonchev–Trinajstić information content (AvgIpc) is 2.56. The summed E-state index contributed by atoms with van der Waals surface area (Å²) in [6.45, 7) is 1.58. The Bertz CT molecular complexity index is 592. The van der Waals surface area contributed by atoms with Crippen molar-refractivity contribution in [3.05, 3.63) is 28.7 Å². The van der Waals surface area contributed by atoms with E-state index in [9.17, 15) is 13.2 Å². The number of alkyl halides is 3. The van der Waals surface area contributed by atoms with Crippen LogP contribution in [0.2, 0.25) is 5.02 Å². The lowest BCUT2D eigenvalue weighted by Crippen LogP contribution is -2.09. The van der Waals surface area contributed by atoms with Crippen molar-refractivity contribution in [3.8, 4) is 5.82 Å². The van der Waals surface area contributed by atoms with E-state index in [1.807, 2.05) is 0 Å². The lowest BCUT2D eigenvalue weighted by Gasteiger charge is -2.09. The molecule has 96 valence electrons. The van der Waals surface area contributed by atoms with Crippen molar-refractivity contribution in [2.24, 2.45) is 0 Å². The van der Waals surface area contributed by atoms with Crippen LogP contribution in [0.4, 0.5) is 19.1 Å². The van der Waals surface area contributed by atoms with Crippen LogP contribution in [0.5, 0.6) is 0 Å². The molecule has 0 spiro atoms. The van der Waals surface area contributed by atoms with Gasteiger partial charge < -0.3 is 5.73 Å². The SMILES string of the molecule is Cc1nc(N)nn1-c1ncc(C(F)(F)F)cc1Cl.